The summed E-state index contributed by atoms with van der Waals surface area (Å²) < 4.78 is 23.3. The minimum Gasteiger partial charge on any atom is -0.369 e. The van der Waals surface area contributed by atoms with Crippen molar-refractivity contribution in [3.8, 4) is 0 Å². The minimum atomic E-state index is -3.05. The van der Waals surface area contributed by atoms with Crippen molar-refractivity contribution < 1.29 is 13.3 Å². The fourth-order valence-corrected chi connectivity index (χ4v) is 3.95. The van der Waals surface area contributed by atoms with Crippen LogP contribution in [-0.2, 0) is 9.84 Å². The van der Waals surface area contributed by atoms with Gasteiger partial charge >= 0.3 is 0 Å². The molecular weight excluding hydrogens is 294 g/mol. The lowest BCUT2D eigenvalue weighted by molar-refractivity contribution is -0.384. The first-order valence-corrected chi connectivity index (χ1v) is 7.75. The molecule has 1 aromatic heterocycles. The lowest BCUT2D eigenvalue weighted by Crippen LogP contribution is -2.25. The predicted octanol–water partition coefficient (Wildman–Crippen LogP) is 1.63. The quantitative estimate of drug-likeness (QED) is 0.515. The van der Waals surface area contributed by atoms with E-state index < -0.39 is 20.0 Å². The number of pyridine rings is 1. The summed E-state index contributed by atoms with van der Waals surface area (Å²) in [7, 11) is -3.05. The molecule has 0 bridgehead atoms. The van der Waals surface area contributed by atoms with E-state index in [-0.39, 0.29) is 29.0 Å². The monoisotopic (exact) mass is 305 g/mol. The molecule has 0 radical (unpaired) electrons. The normalized spacial score (nSPS) is 21.2. The number of nitro groups is 1. The fourth-order valence-electron chi connectivity index (χ4n) is 1.99. The molecule has 2 rings (SSSR count). The number of sulfone groups is 1. The highest BCUT2D eigenvalue weighted by molar-refractivity contribution is 7.92. The summed E-state index contributed by atoms with van der Waals surface area (Å²) in [5, 5.41) is 13.0. The molecule has 9 heteroatoms. The van der Waals surface area contributed by atoms with E-state index in [1.165, 1.54) is 6.07 Å². The Hall–Kier alpha value is -1.41. The van der Waals surface area contributed by atoms with Gasteiger partial charge in [0.1, 0.15) is 11.0 Å². The smallest absolute Gasteiger partial charge is 0.276 e. The van der Waals surface area contributed by atoms with Crippen molar-refractivity contribution in [3.63, 3.8) is 0 Å². The van der Waals surface area contributed by atoms with Crippen molar-refractivity contribution in [2.75, 3.05) is 17.6 Å². The second-order valence-corrected chi connectivity index (χ2v) is 7.09. The molecule has 104 valence electrons. The Morgan fingerprint density at radius 3 is 2.84 bits per heavy atom. The number of nitrogens with one attached hydrogen (secondary N) is 1. The van der Waals surface area contributed by atoms with Crippen molar-refractivity contribution in [2.24, 2.45) is 0 Å². The Bertz CT molecular complexity index is 605. The van der Waals surface area contributed by atoms with Crippen LogP contribution in [0.1, 0.15) is 12.8 Å². The van der Waals surface area contributed by atoms with Crippen LogP contribution in [0.15, 0.2) is 12.1 Å². The first-order chi connectivity index (χ1) is 8.88. The molecule has 1 aliphatic heterocycles. The fraction of sp³-hybridized carbons (Fsp3) is 0.500. The Kier molecular flexibility index (Phi) is 3.91. The molecule has 0 spiro atoms. The van der Waals surface area contributed by atoms with Crippen molar-refractivity contribution in [2.45, 2.75) is 18.1 Å². The van der Waals surface area contributed by atoms with Gasteiger partial charge in [0, 0.05) is 6.54 Å². The van der Waals surface area contributed by atoms with Crippen LogP contribution in [0, 0.1) is 10.1 Å². The number of aromatic nitrogens is 1. The van der Waals surface area contributed by atoms with Gasteiger partial charge in [-0.2, -0.15) is 0 Å². The van der Waals surface area contributed by atoms with E-state index in [4.69, 9.17) is 11.6 Å². The summed E-state index contributed by atoms with van der Waals surface area (Å²) in [5.41, 5.74) is -0.184. The van der Waals surface area contributed by atoms with Crippen LogP contribution < -0.4 is 5.32 Å². The maximum Gasteiger partial charge on any atom is 0.276 e. The third kappa shape index (κ3) is 3.32. The second-order valence-electron chi connectivity index (χ2n) is 4.30. The third-order valence-electron chi connectivity index (χ3n) is 2.96. The van der Waals surface area contributed by atoms with Gasteiger partial charge in [-0.1, -0.05) is 11.6 Å². The number of anilines is 1. The van der Waals surface area contributed by atoms with Crippen molar-refractivity contribution in [1.29, 1.82) is 0 Å². The number of rotatable bonds is 4. The first-order valence-electron chi connectivity index (χ1n) is 5.66. The molecule has 1 aliphatic rings. The molecular formula is C10H12ClN3O4S. The standard InChI is InChI=1S/C10H12ClN3O4S/c11-9-4-7(14(15)16)5-10(13-9)12-6-8-2-1-3-19(8,17)18/h4-5,8H,1-3,6H2,(H,12,13). The lowest BCUT2D eigenvalue weighted by atomic mass is 10.2. The van der Waals surface area contributed by atoms with Crippen LogP contribution in [0.25, 0.3) is 0 Å². The molecule has 7 nitrogen and oxygen atoms in total. The van der Waals surface area contributed by atoms with E-state index in [1.807, 2.05) is 0 Å². The van der Waals surface area contributed by atoms with Gasteiger partial charge in [0.05, 0.1) is 28.1 Å². The van der Waals surface area contributed by atoms with Crippen LogP contribution in [0.2, 0.25) is 5.15 Å². The summed E-state index contributed by atoms with van der Waals surface area (Å²) in [6.07, 6.45) is 1.25. The third-order valence-corrected chi connectivity index (χ3v) is 5.43. The Labute approximate surface area is 115 Å². The Morgan fingerprint density at radius 2 is 2.26 bits per heavy atom. The molecule has 0 amide bonds. The van der Waals surface area contributed by atoms with Crippen molar-refractivity contribution in [1.82, 2.24) is 4.98 Å². The van der Waals surface area contributed by atoms with Gasteiger partial charge in [-0.05, 0) is 12.8 Å². The van der Waals surface area contributed by atoms with Gasteiger partial charge < -0.3 is 5.32 Å². The average molecular weight is 306 g/mol. The van der Waals surface area contributed by atoms with E-state index in [9.17, 15) is 18.5 Å². The summed E-state index contributed by atoms with van der Waals surface area (Å²) in [5.74, 6) is 0.406. The maximum atomic E-state index is 11.6. The number of hydrogen-bond donors (Lipinski definition) is 1. The maximum absolute atomic E-state index is 11.6. The zero-order valence-corrected chi connectivity index (χ0v) is 11.4. The first kappa shape index (κ1) is 14.0. The molecule has 2 heterocycles. The number of hydrogen-bond acceptors (Lipinski definition) is 6. The molecule has 1 saturated heterocycles. The molecule has 1 fully saturated rings. The summed E-state index contributed by atoms with van der Waals surface area (Å²) in [6, 6.07) is 2.37. The molecule has 1 unspecified atom stereocenters. The predicted molar refractivity (Wildman–Crippen MR) is 71.2 cm³/mol. The number of nitrogens with zero attached hydrogens (tertiary/aromatic N) is 2. The topological polar surface area (TPSA) is 102 Å². The second kappa shape index (κ2) is 5.30. The molecule has 1 atom stereocenters. The van der Waals surface area contributed by atoms with Gasteiger partial charge in [0.2, 0.25) is 0 Å². The molecule has 19 heavy (non-hydrogen) atoms. The van der Waals surface area contributed by atoms with Crippen LogP contribution in [0.4, 0.5) is 11.5 Å². The zero-order valence-electron chi connectivity index (χ0n) is 9.87. The van der Waals surface area contributed by atoms with Gasteiger partial charge in [0.15, 0.2) is 9.84 Å². The van der Waals surface area contributed by atoms with Gasteiger partial charge in [-0.3, -0.25) is 10.1 Å². The van der Waals surface area contributed by atoms with E-state index in [0.29, 0.717) is 12.8 Å². The molecule has 0 aliphatic carbocycles. The number of halogens is 1. The Morgan fingerprint density at radius 1 is 1.53 bits per heavy atom. The van der Waals surface area contributed by atoms with Crippen LogP contribution >= 0.6 is 11.6 Å². The molecule has 0 aromatic carbocycles. The van der Waals surface area contributed by atoms with Gasteiger partial charge in [-0.15, -0.1) is 0 Å². The van der Waals surface area contributed by atoms with E-state index in [0.717, 1.165) is 6.07 Å². The van der Waals surface area contributed by atoms with Crippen LogP contribution in [-0.4, -0.2) is 35.9 Å². The van der Waals surface area contributed by atoms with E-state index in [1.54, 1.807) is 0 Å². The van der Waals surface area contributed by atoms with Crippen LogP contribution in [0.3, 0.4) is 0 Å². The zero-order chi connectivity index (χ0) is 14.0. The highest BCUT2D eigenvalue weighted by atomic mass is 35.5. The molecule has 1 aromatic rings. The highest BCUT2D eigenvalue weighted by Crippen LogP contribution is 2.23. The Balaban J connectivity index is 2.10. The van der Waals surface area contributed by atoms with E-state index in [2.05, 4.69) is 10.3 Å². The van der Waals surface area contributed by atoms with E-state index >= 15 is 0 Å². The molecule has 1 N–H and O–H groups in total. The summed E-state index contributed by atoms with van der Waals surface area (Å²) in [6.45, 7) is 0.187. The highest BCUT2D eigenvalue weighted by Gasteiger charge is 2.31. The molecule has 0 saturated carbocycles. The summed E-state index contributed by atoms with van der Waals surface area (Å²) in [4.78, 5) is 14.0. The van der Waals surface area contributed by atoms with Crippen molar-refractivity contribution in [3.05, 3.63) is 27.4 Å². The summed E-state index contributed by atoms with van der Waals surface area (Å²) >= 11 is 5.67. The van der Waals surface area contributed by atoms with Gasteiger partial charge in [-0.25, -0.2) is 13.4 Å². The minimum absolute atomic E-state index is 0.00835. The SMILES string of the molecule is O=[N+]([O-])c1cc(Cl)nc(NCC2CCCS2(=O)=O)c1. The van der Waals surface area contributed by atoms with Crippen LogP contribution in [0.5, 0.6) is 0 Å². The van der Waals surface area contributed by atoms with Gasteiger partial charge in [0.25, 0.3) is 5.69 Å². The largest absolute Gasteiger partial charge is 0.369 e. The van der Waals surface area contributed by atoms with Crippen molar-refractivity contribution >= 4 is 32.9 Å². The average Bonchev–Trinajstić information content (AvgIpc) is 2.65. The lowest BCUT2D eigenvalue weighted by Gasteiger charge is -2.11.